The number of Topliss-reactive ketones (excluding diaryl/α,β-unsaturated/α-hetero) is 3. The van der Waals surface area contributed by atoms with Crippen molar-refractivity contribution in [1.82, 2.24) is 0 Å². The Hall–Kier alpha value is -1.11. The lowest BCUT2D eigenvalue weighted by atomic mass is 9.78. The highest BCUT2D eigenvalue weighted by Crippen LogP contribution is 2.27. The van der Waals surface area contributed by atoms with Gasteiger partial charge in [-0.2, -0.15) is 0 Å². The second kappa shape index (κ2) is 21.6. The molecule has 0 aromatic heterocycles. The van der Waals surface area contributed by atoms with Crippen LogP contribution in [0.15, 0.2) is 0 Å². The Morgan fingerprint density at radius 3 is 1.38 bits per heavy atom. The third-order valence-electron chi connectivity index (χ3n) is 8.60. The minimum Gasteiger partial charge on any atom is -0.386 e. The Labute approximate surface area is 246 Å². The molecule has 0 fully saturated rings. The van der Waals surface area contributed by atoms with Crippen molar-refractivity contribution in [3.63, 3.8) is 0 Å². The van der Waals surface area contributed by atoms with Crippen LogP contribution in [-0.4, -0.2) is 50.5 Å². The number of carbonyl (C=O) groups is 3. The van der Waals surface area contributed by atoms with Gasteiger partial charge in [0.2, 0.25) is 5.60 Å². The number of hydrogen-bond donors (Lipinski definition) is 3. The molecule has 0 bridgehead atoms. The molecule has 0 saturated heterocycles. The smallest absolute Gasteiger partial charge is 0.210 e. The van der Waals surface area contributed by atoms with Crippen molar-refractivity contribution in [2.45, 2.75) is 175 Å². The van der Waals surface area contributed by atoms with Gasteiger partial charge in [-0.05, 0) is 42.9 Å². The summed E-state index contributed by atoms with van der Waals surface area (Å²) in [6, 6.07) is 0. The number of ketones is 3. The monoisotopic (exact) mass is 568 g/mol. The molecule has 0 aliphatic carbocycles. The van der Waals surface area contributed by atoms with Gasteiger partial charge in [-0.15, -0.1) is 0 Å². The molecule has 3 N–H and O–H groups in total. The topological polar surface area (TPSA) is 112 Å². The summed E-state index contributed by atoms with van der Waals surface area (Å²) in [5.74, 6) is -0.877. The maximum Gasteiger partial charge on any atom is 0.210 e. The van der Waals surface area contributed by atoms with Crippen LogP contribution < -0.4 is 0 Å². The fourth-order valence-electron chi connectivity index (χ4n) is 5.36. The van der Waals surface area contributed by atoms with Crippen LogP contribution in [-0.2, 0) is 14.4 Å². The Balaban J connectivity index is 5.46. The molecule has 0 saturated carbocycles. The summed E-state index contributed by atoms with van der Waals surface area (Å²) in [6.45, 7) is 14.8. The summed E-state index contributed by atoms with van der Waals surface area (Å²) in [7, 11) is 0. The molecule has 40 heavy (non-hydrogen) atoms. The Bertz CT molecular complexity index is 705. The molecule has 6 atom stereocenters. The summed E-state index contributed by atoms with van der Waals surface area (Å²) in [4.78, 5) is 39.6. The van der Waals surface area contributed by atoms with Crippen molar-refractivity contribution >= 4 is 17.3 Å². The highest BCUT2D eigenvalue weighted by Gasteiger charge is 2.52. The molecule has 0 amide bonds. The lowest BCUT2D eigenvalue weighted by molar-refractivity contribution is -0.175. The molecule has 0 aliphatic heterocycles. The first-order chi connectivity index (χ1) is 18.8. The van der Waals surface area contributed by atoms with Crippen molar-refractivity contribution in [2.24, 2.45) is 23.7 Å². The van der Waals surface area contributed by atoms with Crippen LogP contribution >= 0.6 is 0 Å². The molecule has 6 unspecified atom stereocenters. The van der Waals surface area contributed by atoms with Gasteiger partial charge in [-0.25, -0.2) is 0 Å². The number of carbonyl (C=O) groups excluding carboxylic acids is 3. The summed E-state index contributed by atoms with van der Waals surface area (Å²) in [6.07, 6.45) is 8.83. The predicted octanol–water partition coefficient (Wildman–Crippen LogP) is 7.38. The SMILES string of the molecule is CCCCCC(C)CCC(=O)C(O)C(O)C(O)(C(=O)CCC(C)CCCCC)C(=O)CCC(C)CCCC(C)C. The number of rotatable bonds is 26. The van der Waals surface area contributed by atoms with Crippen molar-refractivity contribution in [3.8, 4) is 0 Å². The second-order valence-electron chi connectivity index (χ2n) is 13.2. The molecule has 0 radical (unpaired) electrons. The van der Waals surface area contributed by atoms with E-state index in [1.165, 1.54) is 0 Å². The molecular formula is C34H64O6. The third-order valence-corrected chi connectivity index (χ3v) is 8.60. The zero-order chi connectivity index (χ0) is 30.7. The Kier molecular flexibility index (Phi) is 21.0. The molecule has 0 aliphatic rings. The summed E-state index contributed by atoms with van der Waals surface area (Å²) in [5, 5.41) is 33.3. The molecule has 6 heteroatoms. The van der Waals surface area contributed by atoms with E-state index in [-0.39, 0.29) is 37.0 Å². The van der Waals surface area contributed by atoms with E-state index >= 15 is 0 Å². The molecule has 0 rings (SSSR count). The fraction of sp³-hybridized carbons (Fsp3) is 0.912. The molecule has 0 aromatic carbocycles. The van der Waals surface area contributed by atoms with Gasteiger partial charge < -0.3 is 15.3 Å². The van der Waals surface area contributed by atoms with E-state index < -0.39 is 35.2 Å². The second-order valence-corrected chi connectivity index (χ2v) is 13.2. The first-order valence-corrected chi connectivity index (χ1v) is 16.5. The zero-order valence-electron chi connectivity index (χ0n) is 27.1. The first kappa shape index (κ1) is 38.9. The van der Waals surface area contributed by atoms with Crippen molar-refractivity contribution in [2.75, 3.05) is 0 Å². The van der Waals surface area contributed by atoms with Crippen LogP contribution in [0.25, 0.3) is 0 Å². The van der Waals surface area contributed by atoms with Gasteiger partial charge in [0.05, 0.1) is 0 Å². The minimum atomic E-state index is -2.78. The average Bonchev–Trinajstić information content (AvgIpc) is 2.91. The van der Waals surface area contributed by atoms with Gasteiger partial charge in [0, 0.05) is 19.3 Å². The summed E-state index contributed by atoms with van der Waals surface area (Å²) < 4.78 is 0. The third kappa shape index (κ3) is 15.2. The number of unbranched alkanes of at least 4 members (excludes halogenated alkanes) is 4. The maximum atomic E-state index is 13.4. The lowest BCUT2D eigenvalue weighted by Crippen LogP contribution is -2.61. The minimum absolute atomic E-state index is 0.0331. The first-order valence-electron chi connectivity index (χ1n) is 16.5. The van der Waals surface area contributed by atoms with Crippen LogP contribution in [0.2, 0.25) is 0 Å². The highest BCUT2D eigenvalue weighted by atomic mass is 16.4. The average molecular weight is 569 g/mol. The van der Waals surface area contributed by atoms with Crippen molar-refractivity contribution < 1.29 is 29.7 Å². The number of aliphatic hydroxyl groups is 3. The van der Waals surface area contributed by atoms with Crippen LogP contribution in [0, 0.1) is 23.7 Å². The fourth-order valence-corrected chi connectivity index (χ4v) is 5.36. The number of hydrogen-bond acceptors (Lipinski definition) is 6. The highest BCUT2D eigenvalue weighted by molar-refractivity contribution is 6.11. The van der Waals surface area contributed by atoms with Crippen LogP contribution in [0.4, 0.5) is 0 Å². The van der Waals surface area contributed by atoms with Gasteiger partial charge in [0.25, 0.3) is 0 Å². The molecule has 0 heterocycles. The van der Waals surface area contributed by atoms with Gasteiger partial charge in [0.1, 0.15) is 12.2 Å². The molecule has 6 nitrogen and oxygen atoms in total. The summed E-state index contributed by atoms with van der Waals surface area (Å²) >= 11 is 0. The van der Waals surface area contributed by atoms with E-state index in [1.807, 2.05) is 13.8 Å². The van der Waals surface area contributed by atoms with E-state index in [2.05, 4.69) is 34.6 Å². The Morgan fingerprint density at radius 2 is 0.975 bits per heavy atom. The maximum absolute atomic E-state index is 13.4. The normalized spacial score (nSPS) is 17.2. The quantitative estimate of drug-likeness (QED) is 0.0741. The van der Waals surface area contributed by atoms with Gasteiger partial charge >= 0.3 is 0 Å². The van der Waals surface area contributed by atoms with Crippen LogP contribution in [0.5, 0.6) is 0 Å². The molecular weight excluding hydrogens is 504 g/mol. The van der Waals surface area contributed by atoms with E-state index in [0.29, 0.717) is 25.2 Å². The zero-order valence-corrected chi connectivity index (χ0v) is 27.1. The predicted molar refractivity (Wildman–Crippen MR) is 164 cm³/mol. The number of aliphatic hydroxyl groups excluding tert-OH is 2. The van der Waals surface area contributed by atoms with E-state index in [0.717, 1.165) is 70.6 Å². The van der Waals surface area contributed by atoms with E-state index in [4.69, 9.17) is 0 Å². The van der Waals surface area contributed by atoms with Crippen LogP contribution in [0.3, 0.4) is 0 Å². The van der Waals surface area contributed by atoms with Gasteiger partial charge in [0.15, 0.2) is 17.3 Å². The molecule has 0 aromatic rings. The van der Waals surface area contributed by atoms with Crippen molar-refractivity contribution in [3.05, 3.63) is 0 Å². The molecule has 236 valence electrons. The molecule has 0 spiro atoms. The van der Waals surface area contributed by atoms with Gasteiger partial charge in [-0.1, -0.05) is 119 Å². The van der Waals surface area contributed by atoms with Crippen LogP contribution in [0.1, 0.15) is 158 Å². The van der Waals surface area contributed by atoms with E-state index in [9.17, 15) is 29.7 Å². The van der Waals surface area contributed by atoms with Crippen molar-refractivity contribution in [1.29, 1.82) is 0 Å². The van der Waals surface area contributed by atoms with E-state index in [1.54, 1.807) is 0 Å². The Morgan fingerprint density at radius 1 is 0.575 bits per heavy atom. The van der Waals surface area contributed by atoms with Gasteiger partial charge in [-0.3, -0.25) is 14.4 Å². The standard InChI is InChI=1S/C34H64O6/c1-8-10-12-16-26(5)19-22-29(35)32(38)33(39)34(40,30(36)23-20-27(6)17-13-11-9-2)31(37)24-21-28(7)18-14-15-25(3)4/h25-28,32-33,38-40H,8-24H2,1-7H3. The lowest BCUT2D eigenvalue weighted by Gasteiger charge is -2.33. The summed E-state index contributed by atoms with van der Waals surface area (Å²) in [5.41, 5.74) is -2.78. The largest absolute Gasteiger partial charge is 0.386 e.